The van der Waals surface area contributed by atoms with Gasteiger partial charge in [0.1, 0.15) is 17.0 Å². The molecule has 0 saturated heterocycles. The molecule has 0 aliphatic carbocycles. The lowest BCUT2D eigenvalue weighted by Crippen LogP contribution is -2.47. The smallest absolute Gasteiger partial charge is 0.253 e. The number of nitrogens with one attached hydrogen (secondary N) is 1. The average molecular weight is 663 g/mol. The Labute approximate surface area is 276 Å². The van der Waals surface area contributed by atoms with Gasteiger partial charge in [-0.25, -0.2) is 4.39 Å². The molecule has 3 amide bonds. The fourth-order valence-electron chi connectivity index (χ4n) is 5.25. The largest absolute Gasteiger partial charge is 0.494 e. The van der Waals surface area contributed by atoms with Crippen LogP contribution >= 0.6 is 24.8 Å². The zero-order valence-corrected chi connectivity index (χ0v) is 27.9. The normalized spacial score (nSPS) is 14.4. The summed E-state index contributed by atoms with van der Waals surface area (Å²) >= 11 is 0. The summed E-state index contributed by atoms with van der Waals surface area (Å²) in [6.45, 7) is 7.16. The SMILES string of the molecule is CCN1C(=O)C(C)(C)C(=O)N(C)c2cc(OCCCC(NCCN(C)C(=O)c3ccc(F)cc3)c3ccncc3)ccc21.Cl.Cl. The number of carbonyl (C=O) groups is 3. The van der Waals surface area contributed by atoms with Gasteiger partial charge in [-0.1, -0.05) is 0 Å². The molecule has 45 heavy (non-hydrogen) atoms. The Morgan fingerprint density at radius 1 is 1.02 bits per heavy atom. The predicted molar refractivity (Wildman–Crippen MR) is 179 cm³/mol. The number of aromatic nitrogens is 1. The Morgan fingerprint density at radius 2 is 1.69 bits per heavy atom. The minimum atomic E-state index is -1.16. The molecule has 1 aliphatic rings. The van der Waals surface area contributed by atoms with Crippen LogP contribution in [0.15, 0.2) is 67.0 Å². The number of pyridine rings is 1. The maximum absolute atomic E-state index is 13.2. The van der Waals surface area contributed by atoms with Crippen LogP contribution in [0.4, 0.5) is 15.8 Å². The molecular formula is C33H42Cl2FN5O4. The zero-order valence-electron chi connectivity index (χ0n) is 26.3. The molecule has 12 heteroatoms. The van der Waals surface area contributed by atoms with Crippen molar-refractivity contribution in [2.24, 2.45) is 5.41 Å². The van der Waals surface area contributed by atoms with E-state index in [0.29, 0.717) is 48.9 Å². The quantitative estimate of drug-likeness (QED) is 0.198. The van der Waals surface area contributed by atoms with Crippen molar-refractivity contribution in [3.05, 3.63) is 83.9 Å². The number of likely N-dealkylation sites (N-methyl/N-ethyl adjacent to an activating group) is 1. The number of amides is 3. The van der Waals surface area contributed by atoms with Crippen molar-refractivity contribution in [1.82, 2.24) is 15.2 Å². The number of carbonyl (C=O) groups excluding carboxylic acids is 3. The van der Waals surface area contributed by atoms with E-state index in [1.165, 1.54) is 29.2 Å². The van der Waals surface area contributed by atoms with Crippen LogP contribution in [-0.4, -0.2) is 67.9 Å². The highest BCUT2D eigenvalue weighted by molar-refractivity contribution is 6.20. The van der Waals surface area contributed by atoms with Crippen molar-refractivity contribution < 1.29 is 23.5 Å². The van der Waals surface area contributed by atoms with E-state index in [0.717, 1.165) is 18.4 Å². The number of ether oxygens (including phenoxy) is 1. The maximum Gasteiger partial charge on any atom is 0.253 e. The summed E-state index contributed by atoms with van der Waals surface area (Å²) in [5, 5.41) is 3.54. The van der Waals surface area contributed by atoms with Crippen LogP contribution in [0.1, 0.15) is 55.6 Å². The third kappa shape index (κ3) is 8.71. The fourth-order valence-corrected chi connectivity index (χ4v) is 5.25. The van der Waals surface area contributed by atoms with Crippen molar-refractivity contribution in [2.75, 3.05) is 50.1 Å². The van der Waals surface area contributed by atoms with Crippen LogP contribution in [0.25, 0.3) is 0 Å². The van der Waals surface area contributed by atoms with Gasteiger partial charge in [-0.05, 0) is 87.7 Å². The molecule has 0 spiro atoms. The first-order valence-electron chi connectivity index (χ1n) is 14.6. The van der Waals surface area contributed by atoms with Gasteiger partial charge in [0.2, 0.25) is 11.8 Å². The molecule has 1 aliphatic heterocycles. The van der Waals surface area contributed by atoms with E-state index in [-0.39, 0.29) is 54.4 Å². The number of fused-ring (bicyclic) bond motifs is 1. The zero-order chi connectivity index (χ0) is 31.1. The number of benzene rings is 2. The molecule has 0 fully saturated rings. The summed E-state index contributed by atoms with van der Waals surface area (Å²) in [5.41, 5.74) is 1.69. The molecule has 2 heterocycles. The fraction of sp³-hybridized carbons (Fsp3) is 0.394. The molecule has 1 atom stereocenters. The molecule has 9 nitrogen and oxygen atoms in total. The second-order valence-corrected chi connectivity index (χ2v) is 11.2. The molecule has 0 radical (unpaired) electrons. The highest BCUT2D eigenvalue weighted by Gasteiger charge is 2.45. The van der Waals surface area contributed by atoms with E-state index in [1.807, 2.05) is 37.3 Å². The predicted octanol–water partition coefficient (Wildman–Crippen LogP) is 5.68. The number of anilines is 2. The minimum Gasteiger partial charge on any atom is -0.494 e. The number of hydrogen-bond acceptors (Lipinski definition) is 6. The average Bonchev–Trinajstić information content (AvgIpc) is 3.06. The third-order valence-electron chi connectivity index (χ3n) is 7.82. The van der Waals surface area contributed by atoms with Gasteiger partial charge in [-0.2, -0.15) is 0 Å². The van der Waals surface area contributed by atoms with Crippen LogP contribution in [0.2, 0.25) is 0 Å². The number of halogens is 3. The second kappa shape index (κ2) is 16.5. The lowest BCUT2D eigenvalue weighted by atomic mass is 9.90. The van der Waals surface area contributed by atoms with E-state index in [4.69, 9.17) is 4.74 Å². The van der Waals surface area contributed by atoms with Crippen LogP contribution in [-0.2, 0) is 9.59 Å². The van der Waals surface area contributed by atoms with Crippen molar-refractivity contribution in [2.45, 2.75) is 39.7 Å². The van der Waals surface area contributed by atoms with Crippen molar-refractivity contribution in [1.29, 1.82) is 0 Å². The van der Waals surface area contributed by atoms with Gasteiger partial charge in [0, 0.05) is 63.8 Å². The summed E-state index contributed by atoms with van der Waals surface area (Å²) in [5.74, 6) is -0.406. The summed E-state index contributed by atoms with van der Waals surface area (Å²) in [4.78, 5) is 47.9. The Hall–Kier alpha value is -3.73. The first-order valence-corrected chi connectivity index (χ1v) is 14.6. The van der Waals surface area contributed by atoms with Crippen molar-refractivity contribution >= 4 is 53.9 Å². The van der Waals surface area contributed by atoms with Gasteiger partial charge >= 0.3 is 0 Å². The Balaban J connectivity index is 0.00000353. The molecule has 0 saturated carbocycles. The molecule has 3 aromatic rings. The monoisotopic (exact) mass is 661 g/mol. The van der Waals surface area contributed by atoms with Crippen LogP contribution in [0.5, 0.6) is 5.75 Å². The third-order valence-corrected chi connectivity index (χ3v) is 7.82. The summed E-state index contributed by atoms with van der Waals surface area (Å²) < 4.78 is 19.3. The summed E-state index contributed by atoms with van der Waals surface area (Å²) in [6, 6.07) is 15.0. The molecule has 1 unspecified atom stereocenters. The van der Waals surface area contributed by atoms with E-state index in [9.17, 15) is 18.8 Å². The van der Waals surface area contributed by atoms with E-state index < -0.39 is 5.41 Å². The van der Waals surface area contributed by atoms with Crippen LogP contribution in [0, 0.1) is 11.2 Å². The lowest BCUT2D eigenvalue weighted by Gasteiger charge is -2.27. The lowest BCUT2D eigenvalue weighted by molar-refractivity contribution is -0.137. The standard InChI is InChI=1S/C33H40FN5O4.2ClH/c1-6-39-28-14-13-26(22-29(28)38(5)31(41)33(2,3)32(39)42)43-21-7-8-27(23-15-17-35-18-16-23)36-19-20-37(4)30(40)24-9-11-25(34)12-10-24;;/h9-18,22,27,36H,6-8,19-21H2,1-5H3;2*1H. The Morgan fingerprint density at radius 3 is 2.33 bits per heavy atom. The summed E-state index contributed by atoms with van der Waals surface area (Å²) in [7, 11) is 3.42. The first kappa shape index (κ1) is 37.5. The van der Waals surface area contributed by atoms with E-state index >= 15 is 0 Å². The highest BCUT2D eigenvalue weighted by atomic mass is 35.5. The topological polar surface area (TPSA) is 95.1 Å². The van der Waals surface area contributed by atoms with E-state index in [2.05, 4.69) is 10.3 Å². The molecule has 244 valence electrons. The highest BCUT2D eigenvalue weighted by Crippen LogP contribution is 2.40. The molecule has 2 aromatic carbocycles. The van der Waals surface area contributed by atoms with Gasteiger partial charge in [0.25, 0.3) is 5.91 Å². The van der Waals surface area contributed by atoms with Crippen LogP contribution in [0.3, 0.4) is 0 Å². The number of rotatable bonds is 12. The second-order valence-electron chi connectivity index (χ2n) is 11.2. The van der Waals surface area contributed by atoms with E-state index in [1.54, 1.807) is 50.1 Å². The summed E-state index contributed by atoms with van der Waals surface area (Å²) in [6.07, 6.45) is 5.02. The first-order chi connectivity index (χ1) is 20.5. The van der Waals surface area contributed by atoms with Gasteiger partial charge in [0.05, 0.1) is 18.0 Å². The van der Waals surface area contributed by atoms with Gasteiger partial charge < -0.3 is 24.8 Å². The maximum atomic E-state index is 13.2. The molecular weight excluding hydrogens is 620 g/mol. The van der Waals surface area contributed by atoms with Crippen molar-refractivity contribution in [3.63, 3.8) is 0 Å². The molecule has 1 aromatic heterocycles. The van der Waals surface area contributed by atoms with Gasteiger partial charge in [-0.3, -0.25) is 19.4 Å². The molecule has 1 N–H and O–H groups in total. The molecule has 4 rings (SSSR count). The van der Waals surface area contributed by atoms with Crippen LogP contribution < -0.4 is 19.9 Å². The number of hydrogen-bond donors (Lipinski definition) is 1. The minimum absolute atomic E-state index is 0. The number of nitrogens with zero attached hydrogens (tertiary/aromatic N) is 4. The molecule has 0 bridgehead atoms. The van der Waals surface area contributed by atoms with Crippen molar-refractivity contribution in [3.8, 4) is 5.75 Å². The van der Waals surface area contributed by atoms with Gasteiger partial charge in [-0.15, -0.1) is 24.8 Å². The van der Waals surface area contributed by atoms with Gasteiger partial charge in [0.15, 0.2) is 0 Å². The Kier molecular flexibility index (Phi) is 13.8. The Bertz CT molecular complexity index is 1440.